The van der Waals surface area contributed by atoms with Gasteiger partial charge >= 0.3 is 18.9 Å². The van der Waals surface area contributed by atoms with Gasteiger partial charge in [0.2, 0.25) is 5.88 Å². The van der Waals surface area contributed by atoms with Gasteiger partial charge in [-0.15, -0.1) is 0 Å². The summed E-state index contributed by atoms with van der Waals surface area (Å²) in [6.07, 6.45) is 0. The number of aromatic nitrogens is 1. The van der Waals surface area contributed by atoms with Crippen molar-refractivity contribution in [2.45, 2.75) is 19.4 Å². The molecule has 0 saturated heterocycles. The second-order valence-corrected chi connectivity index (χ2v) is 4.59. The van der Waals surface area contributed by atoms with E-state index < -0.39 is 0 Å². The number of ether oxygens (including phenoxy) is 1. The summed E-state index contributed by atoms with van der Waals surface area (Å²) in [5.74, 6) is 0.781. The van der Waals surface area contributed by atoms with Crippen LogP contribution >= 0.6 is 0 Å². The molecule has 1 aromatic heterocycles. The van der Waals surface area contributed by atoms with Crippen molar-refractivity contribution in [2.75, 3.05) is 6.61 Å². The van der Waals surface area contributed by atoms with Gasteiger partial charge in [0.05, 0.1) is 5.54 Å². The molecule has 3 rings (SSSR count). The molecule has 0 N–H and O–H groups in total. The summed E-state index contributed by atoms with van der Waals surface area (Å²) in [5.41, 5.74) is -0.231. The van der Waals surface area contributed by atoms with Crippen LogP contribution in [0.2, 0.25) is 0 Å². The van der Waals surface area contributed by atoms with E-state index in [9.17, 15) is 5.11 Å². The molecule has 1 aliphatic rings. The largest absolute Gasteiger partial charge is 1.00 e. The van der Waals surface area contributed by atoms with Crippen molar-refractivity contribution in [3.05, 3.63) is 24.3 Å². The Balaban J connectivity index is 0.000000963. The zero-order valence-corrected chi connectivity index (χ0v) is 9.78. The first-order valence-electron chi connectivity index (χ1n) is 5.05. The van der Waals surface area contributed by atoms with Crippen molar-refractivity contribution in [3.8, 4) is 11.8 Å². The molecule has 2 heterocycles. The third-order valence-corrected chi connectivity index (χ3v) is 2.96. The van der Waals surface area contributed by atoms with Crippen LogP contribution in [-0.4, -0.2) is 11.2 Å². The number of rotatable bonds is 0. The summed E-state index contributed by atoms with van der Waals surface area (Å²) in [5, 5.41) is 13.8. The first-order valence-corrected chi connectivity index (χ1v) is 5.05. The number of hydrogen-bond acceptors (Lipinski definition) is 2. The summed E-state index contributed by atoms with van der Waals surface area (Å²) >= 11 is 0. The molecule has 4 heteroatoms. The average molecular weight is 209 g/mol. The Morgan fingerprint density at radius 1 is 1.25 bits per heavy atom. The van der Waals surface area contributed by atoms with E-state index in [1.807, 2.05) is 38.1 Å². The Labute approximate surface area is 106 Å². The summed E-state index contributed by atoms with van der Waals surface area (Å²) < 4.78 is 7.37. The molecular formula is C12H12LiNO2. The van der Waals surface area contributed by atoms with Gasteiger partial charge in [0.25, 0.3) is 0 Å². The third-order valence-electron chi connectivity index (χ3n) is 2.96. The van der Waals surface area contributed by atoms with Crippen LogP contribution in [0.5, 0.6) is 11.8 Å². The second kappa shape index (κ2) is 3.48. The Morgan fingerprint density at radius 3 is 2.56 bits per heavy atom. The van der Waals surface area contributed by atoms with Gasteiger partial charge in [0, 0.05) is 5.39 Å². The van der Waals surface area contributed by atoms with Gasteiger partial charge < -0.3 is 14.4 Å². The van der Waals surface area contributed by atoms with Crippen LogP contribution in [0.3, 0.4) is 0 Å². The molecule has 0 amide bonds. The fourth-order valence-corrected chi connectivity index (χ4v) is 2.19. The van der Waals surface area contributed by atoms with E-state index in [1.165, 1.54) is 0 Å². The van der Waals surface area contributed by atoms with E-state index in [2.05, 4.69) is 0 Å². The SMILES string of the molecule is CC1(C)COc2c3ccccc3c([O-])n21.[Li+]. The van der Waals surface area contributed by atoms with Crippen molar-refractivity contribution in [3.63, 3.8) is 0 Å². The van der Waals surface area contributed by atoms with E-state index >= 15 is 0 Å². The van der Waals surface area contributed by atoms with Crippen LogP contribution in [0, 0.1) is 0 Å². The van der Waals surface area contributed by atoms with Crippen molar-refractivity contribution < 1.29 is 28.7 Å². The quantitative estimate of drug-likeness (QED) is 0.514. The van der Waals surface area contributed by atoms with Crippen molar-refractivity contribution in [1.82, 2.24) is 4.57 Å². The first kappa shape index (κ1) is 11.4. The van der Waals surface area contributed by atoms with E-state index in [0.717, 1.165) is 16.7 Å². The van der Waals surface area contributed by atoms with Crippen LogP contribution < -0.4 is 28.7 Å². The molecule has 16 heavy (non-hydrogen) atoms. The summed E-state index contributed by atoms with van der Waals surface area (Å²) in [7, 11) is 0. The van der Waals surface area contributed by atoms with Gasteiger partial charge in [-0.05, 0) is 31.2 Å². The van der Waals surface area contributed by atoms with Gasteiger partial charge in [0.1, 0.15) is 6.61 Å². The van der Waals surface area contributed by atoms with Crippen LogP contribution in [0.15, 0.2) is 24.3 Å². The maximum atomic E-state index is 12.1. The van der Waals surface area contributed by atoms with Crippen molar-refractivity contribution in [1.29, 1.82) is 0 Å². The molecule has 1 aromatic carbocycles. The topological polar surface area (TPSA) is 37.2 Å². The number of hydrogen-bond donors (Lipinski definition) is 0. The van der Waals surface area contributed by atoms with E-state index in [1.54, 1.807) is 4.57 Å². The number of nitrogens with zero attached hydrogens (tertiary/aromatic N) is 1. The predicted octanol–water partition coefficient (Wildman–Crippen LogP) is -1.15. The third kappa shape index (κ3) is 1.29. The molecule has 0 saturated carbocycles. The average Bonchev–Trinajstić information content (AvgIpc) is 2.67. The molecule has 0 atom stereocenters. The Morgan fingerprint density at radius 2 is 1.88 bits per heavy atom. The molecule has 0 aliphatic carbocycles. The smallest absolute Gasteiger partial charge is 0.860 e. The minimum Gasteiger partial charge on any atom is -0.860 e. The van der Waals surface area contributed by atoms with Gasteiger partial charge in [0.15, 0.2) is 0 Å². The van der Waals surface area contributed by atoms with Crippen LogP contribution in [0.1, 0.15) is 13.8 Å². The standard InChI is InChI=1S/C12H13NO2.Li/c1-12(2)7-15-11-9-6-4-3-5-8(9)10(14)13(11)12;/h3-6,14H,7H2,1-2H3;/q;+1/p-1. The van der Waals surface area contributed by atoms with E-state index in [-0.39, 0.29) is 30.3 Å². The monoisotopic (exact) mass is 209 g/mol. The van der Waals surface area contributed by atoms with Crippen LogP contribution in [-0.2, 0) is 5.54 Å². The predicted molar refractivity (Wildman–Crippen MR) is 56.2 cm³/mol. The zero-order valence-electron chi connectivity index (χ0n) is 9.78. The van der Waals surface area contributed by atoms with Crippen LogP contribution in [0.25, 0.3) is 10.8 Å². The minimum atomic E-state index is -0.231. The maximum Gasteiger partial charge on any atom is 1.00 e. The first-order chi connectivity index (χ1) is 7.11. The maximum absolute atomic E-state index is 12.1. The Kier molecular flexibility index (Phi) is 2.49. The van der Waals surface area contributed by atoms with E-state index in [0.29, 0.717) is 6.61 Å². The van der Waals surface area contributed by atoms with Gasteiger partial charge in [-0.2, -0.15) is 0 Å². The fourth-order valence-electron chi connectivity index (χ4n) is 2.19. The summed E-state index contributed by atoms with van der Waals surface area (Å²) in [4.78, 5) is 0. The van der Waals surface area contributed by atoms with Crippen LogP contribution in [0.4, 0.5) is 0 Å². The van der Waals surface area contributed by atoms with Gasteiger partial charge in [-0.1, -0.05) is 18.2 Å². The molecule has 0 spiro atoms. The molecule has 0 bridgehead atoms. The molecular weight excluding hydrogens is 197 g/mol. The number of fused-ring (bicyclic) bond motifs is 3. The summed E-state index contributed by atoms with van der Waals surface area (Å²) in [6, 6.07) is 7.59. The second-order valence-electron chi connectivity index (χ2n) is 4.59. The minimum absolute atomic E-state index is 0. The number of benzene rings is 1. The molecule has 1 aliphatic heterocycles. The fraction of sp³-hybridized carbons (Fsp3) is 0.333. The Bertz CT molecular complexity index is 545. The molecule has 0 radical (unpaired) electrons. The molecule has 2 aromatic rings. The van der Waals surface area contributed by atoms with Crippen molar-refractivity contribution >= 4 is 10.8 Å². The molecule has 78 valence electrons. The van der Waals surface area contributed by atoms with Crippen molar-refractivity contribution in [2.24, 2.45) is 0 Å². The van der Waals surface area contributed by atoms with E-state index in [4.69, 9.17) is 4.74 Å². The normalized spacial score (nSPS) is 16.6. The molecule has 3 nitrogen and oxygen atoms in total. The zero-order chi connectivity index (χ0) is 10.6. The molecule has 0 fully saturated rings. The Hall–Kier alpha value is -1.04. The molecule has 0 unspecified atom stereocenters. The summed E-state index contributed by atoms with van der Waals surface area (Å²) in [6.45, 7) is 4.61. The van der Waals surface area contributed by atoms with Gasteiger partial charge in [-0.25, -0.2) is 0 Å². The van der Waals surface area contributed by atoms with Gasteiger partial charge in [-0.3, -0.25) is 0 Å².